The summed E-state index contributed by atoms with van der Waals surface area (Å²) in [5, 5.41) is 10.6. The van der Waals surface area contributed by atoms with Crippen LogP contribution in [0.5, 0.6) is 5.75 Å². The molecule has 0 amide bonds. The van der Waals surface area contributed by atoms with Crippen LogP contribution in [0.2, 0.25) is 0 Å². The molecule has 3 heteroatoms. The quantitative estimate of drug-likeness (QED) is 0.418. The van der Waals surface area contributed by atoms with Crippen molar-refractivity contribution >= 4 is 5.69 Å². The maximum atomic E-state index is 10.6. The number of benzene rings is 1. The Kier molecular flexibility index (Phi) is 4.10. The normalized spacial score (nSPS) is 8.55. The van der Waals surface area contributed by atoms with E-state index in [1.807, 2.05) is 31.1 Å². The average Bonchev–Trinajstić information content (AvgIpc) is 1.88. The fraction of sp³-hybridized carbons (Fsp3) is 0.250. The predicted molar refractivity (Wildman–Crippen MR) is 40.2 cm³/mol. The van der Waals surface area contributed by atoms with Crippen molar-refractivity contribution in [3.05, 3.63) is 24.3 Å². The van der Waals surface area contributed by atoms with E-state index in [1.54, 1.807) is 12.1 Å². The van der Waals surface area contributed by atoms with Crippen LogP contribution in [-0.4, -0.2) is 14.1 Å². The smallest absolute Gasteiger partial charge is 0.872 e. The zero-order valence-corrected chi connectivity index (χ0v) is 7.16. The number of anilines is 1. The van der Waals surface area contributed by atoms with E-state index in [0.29, 0.717) is 0 Å². The second kappa shape index (κ2) is 4.33. The molecule has 0 N–H and O–H groups in total. The Morgan fingerprint density at radius 1 is 1.09 bits per heavy atom. The fourth-order valence-corrected chi connectivity index (χ4v) is 0.744. The Morgan fingerprint density at radius 3 is 1.91 bits per heavy atom. The van der Waals surface area contributed by atoms with Gasteiger partial charge in [-0.05, 0) is 12.1 Å². The van der Waals surface area contributed by atoms with Gasteiger partial charge in [-0.25, -0.2) is 0 Å². The van der Waals surface area contributed by atoms with Gasteiger partial charge in [0.25, 0.3) is 0 Å². The molecule has 0 aliphatic carbocycles. The summed E-state index contributed by atoms with van der Waals surface area (Å²) < 4.78 is 0. The molecule has 0 spiro atoms. The molecule has 1 rings (SSSR count). The number of rotatable bonds is 1. The summed E-state index contributed by atoms with van der Waals surface area (Å²) in [5.41, 5.74) is 1.06. The van der Waals surface area contributed by atoms with Gasteiger partial charge in [0.1, 0.15) is 0 Å². The van der Waals surface area contributed by atoms with Gasteiger partial charge >= 0.3 is 18.9 Å². The minimum Gasteiger partial charge on any atom is -0.872 e. The van der Waals surface area contributed by atoms with Crippen LogP contribution in [0.3, 0.4) is 0 Å². The maximum absolute atomic E-state index is 10.6. The second-order valence-corrected chi connectivity index (χ2v) is 2.39. The molecule has 0 aliphatic rings. The molecule has 0 unspecified atom stereocenters. The molecule has 0 bridgehead atoms. The first-order valence-corrected chi connectivity index (χ1v) is 3.14. The van der Waals surface area contributed by atoms with Crippen molar-refractivity contribution in [2.75, 3.05) is 19.0 Å². The summed E-state index contributed by atoms with van der Waals surface area (Å²) in [6, 6.07) is 6.75. The van der Waals surface area contributed by atoms with E-state index >= 15 is 0 Å². The molecule has 0 saturated carbocycles. The summed E-state index contributed by atoms with van der Waals surface area (Å²) in [6.45, 7) is 0. The van der Waals surface area contributed by atoms with E-state index < -0.39 is 0 Å². The molecular formula is C8H10LiNO. The van der Waals surface area contributed by atoms with Gasteiger partial charge in [-0.1, -0.05) is 12.1 Å². The van der Waals surface area contributed by atoms with Gasteiger partial charge in [0.05, 0.1) is 0 Å². The molecule has 0 heterocycles. The third kappa shape index (κ3) is 2.88. The van der Waals surface area contributed by atoms with Gasteiger partial charge in [-0.15, -0.1) is 5.75 Å². The molecule has 54 valence electrons. The van der Waals surface area contributed by atoms with Crippen molar-refractivity contribution in [1.82, 2.24) is 0 Å². The number of nitrogens with zero attached hydrogens (tertiary/aromatic N) is 1. The van der Waals surface area contributed by atoms with Crippen molar-refractivity contribution in [2.24, 2.45) is 0 Å². The second-order valence-electron chi connectivity index (χ2n) is 2.39. The van der Waals surface area contributed by atoms with Crippen molar-refractivity contribution < 1.29 is 24.0 Å². The van der Waals surface area contributed by atoms with Crippen molar-refractivity contribution in [2.45, 2.75) is 0 Å². The van der Waals surface area contributed by atoms with Crippen molar-refractivity contribution in [3.8, 4) is 5.75 Å². The summed E-state index contributed by atoms with van der Waals surface area (Å²) in [7, 11) is 3.89. The summed E-state index contributed by atoms with van der Waals surface area (Å²) in [5.74, 6) is 0.0607. The summed E-state index contributed by atoms with van der Waals surface area (Å²) in [4.78, 5) is 1.96. The SMILES string of the molecule is CN(C)c1ccc([O-])cc1.[Li+]. The zero-order chi connectivity index (χ0) is 7.56. The van der Waals surface area contributed by atoms with Gasteiger partial charge in [0, 0.05) is 19.8 Å². The van der Waals surface area contributed by atoms with E-state index in [4.69, 9.17) is 0 Å². The molecule has 11 heavy (non-hydrogen) atoms. The van der Waals surface area contributed by atoms with E-state index in [1.165, 1.54) is 0 Å². The van der Waals surface area contributed by atoms with E-state index in [2.05, 4.69) is 0 Å². The molecule has 0 radical (unpaired) electrons. The summed E-state index contributed by atoms with van der Waals surface area (Å²) >= 11 is 0. The predicted octanol–water partition coefficient (Wildman–Crippen LogP) is -2.17. The Labute approximate surface area is 79.0 Å². The number of hydrogen-bond donors (Lipinski definition) is 0. The van der Waals surface area contributed by atoms with Crippen LogP contribution in [-0.2, 0) is 0 Å². The minimum absolute atomic E-state index is 0. The molecule has 0 atom stereocenters. The van der Waals surface area contributed by atoms with Crippen LogP contribution in [0, 0.1) is 0 Å². The van der Waals surface area contributed by atoms with Crippen molar-refractivity contribution in [3.63, 3.8) is 0 Å². The standard InChI is InChI=1S/C8H11NO.Li/c1-9(2)7-3-5-8(10)6-4-7;/h3-6,10H,1-2H3;/q;+1/p-1. The van der Waals surface area contributed by atoms with Gasteiger partial charge in [-0.3, -0.25) is 0 Å². The van der Waals surface area contributed by atoms with Crippen molar-refractivity contribution in [1.29, 1.82) is 0 Å². The maximum Gasteiger partial charge on any atom is 1.00 e. The van der Waals surface area contributed by atoms with Crippen LogP contribution in [0.1, 0.15) is 0 Å². The molecule has 0 aromatic heterocycles. The zero-order valence-electron chi connectivity index (χ0n) is 7.16. The molecule has 0 fully saturated rings. The van der Waals surface area contributed by atoms with Crippen LogP contribution >= 0.6 is 0 Å². The van der Waals surface area contributed by atoms with Crippen LogP contribution in [0.25, 0.3) is 0 Å². The molecular weight excluding hydrogens is 133 g/mol. The van der Waals surface area contributed by atoms with Gasteiger partial charge in [0.15, 0.2) is 0 Å². The topological polar surface area (TPSA) is 26.3 Å². The molecule has 0 saturated heterocycles. The van der Waals surface area contributed by atoms with Gasteiger partial charge < -0.3 is 10.0 Å². The Morgan fingerprint density at radius 2 is 1.55 bits per heavy atom. The summed E-state index contributed by atoms with van der Waals surface area (Å²) in [6.07, 6.45) is 0. The Hall–Kier alpha value is -0.583. The Balaban J connectivity index is 0.000001000. The fourth-order valence-electron chi connectivity index (χ4n) is 0.744. The first-order chi connectivity index (χ1) is 4.70. The largest absolute Gasteiger partial charge is 1.00 e. The Bertz CT molecular complexity index is 208. The van der Waals surface area contributed by atoms with Gasteiger partial charge in [0.2, 0.25) is 0 Å². The third-order valence-electron chi connectivity index (χ3n) is 1.35. The van der Waals surface area contributed by atoms with Crippen LogP contribution < -0.4 is 28.9 Å². The molecule has 0 aliphatic heterocycles. The average molecular weight is 143 g/mol. The van der Waals surface area contributed by atoms with E-state index in [-0.39, 0.29) is 24.6 Å². The molecule has 1 aromatic carbocycles. The third-order valence-corrected chi connectivity index (χ3v) is 1.35. The van der Waals surface area contributed by atoms with Crippen LogP contribution in [0.4, 0.5) is 5.69 Å². The molecule has 1 aromatic rings. The van der Waals surface area contributed by atoms with E-state index in [9.17, 15) is 5.11 Å². The monoisotopic (exact) mass is 143 g/mol. The van der Waals surface area contributed by atoms with E-state index in [0.717, 1.165) is 5.69 Å². The first kappa shape index (κ1) is 10.4. The molecule has 2 nitrogen and oxygen atoms in total. The number of hydrogen-bond acceptors (Lipinski definition) is 2. The first-order valence-electron chi connectivity index (χ1n) is 3.14. The minimum atomic E-state index is 0. The van der Waals surface area contributed by atoms with Crippen LogP contribution in [0.15, 0.2) is 24.3 Å². The van der Waals surface area contributed by atoms with Gasteiger partial charge in [-0.2, -0.15) is 0 Å².